The van der Waals surface area contributed by atoms with Crippen molar-refractivity contribution >= 4 is 32.3 Å². The van der Waals surface area contributed by atoms with Crippen molar-refractivity contribution in [2.75, 3.05) is 18.5 Å². The van der Waals surface area contributed by atoms with Crippen molar-refractivity contribution in [3.63, 3.8) is 0 Å². The highest BCUT2D eigenvalue weighted by Gasteiger charge is 2.19. The van der Waals surface area contributed by atoms with E-state index in [0.717, 1.165) is 10.3 Å². The van der Waals surface area contributed by atoms with Crippen LogP contribution in [0, 0.1) is 16.7 Å². The molecule has 0 fully saturated rings. The zero-order valence-electron chi connectivity index (χ0n) is 8.54. The second-order valence-electron chi connectivity index (χ2n) is 3.93. The van der Waals surface area contributed by atoms with Crippen molar-refractivity contribution in [3.8, 4) is 6.07 Å². The molecule has 0 N–H and O–H groups in total. The molecule has 0 atom stereocenters. The van der Waals surface area contributed by atoms with Gasteiger partial charge in [0.1, 0.15) is 0 Å². The molecule has 0 aliphatic rings. The Morgan fingerprint density at radius 2 is 2.21 bits per heavy atom. The zero-order valence-corrected chi connectivity index (χ0v) is 10.9. The lowest BCUT2D eigenvalue weighted by Gasteiger charge is -2.24. The van der Waals surface area contributed by atoms with Gasteiger partial charge in [0.15, 0.2) is 0 Å². The highest BCUT2D eigenvalue weighted by Crippen LogP contribution is 2.30. The molecule has 1 heterocycles. The van der Waals surface area contributed by atoms with Crippen molar-refractivity contribution in [1.29, 1.82) is 5.26 Å². The predicted octanol–water partition coefficient (Wildman–Crippen LogP) is 3.50. The standard InChI is InChI=1S/C10H13BrN2S/c1-10(2,6-12)7-13(3)9-5-4-8(11)14-9/h4-5H,7H2,1-3H3. The maximum absolute atomic E-state index is 8.91. The van der Waals surface area contributed by atoms with Crippen molar-refractivity contribution < 1.29 is 0 Å². The summed E-state index contributed by atoms with van der Waals surface area (Å²) in [6.07, 6.45) is 0. The number of hydrogen-bond donors (Lipinski definition) is 0. The molecule has 0 aliphatic carbocycles. The number of nitrogens with zero attached hydrogens (tertiary/aromatic N) is 2. The molecule has 1 aromatic heterocycles. The minimum Gasteiger partial charge on any atom is -0.365 e. The maximum Gasteiger partial charge on any atom is 0.0918 e. The molecule has 76 valence electrons. The first-order valence-corrected chi connectivity index (χ1v) is 5.93. The molecule has 0 aliphatic heterocycles. The van der Waals surface area contributed by atoms with E-state index in [9.17, 15) is 0 Å². The Morgan fingerprint density at radius 1 is 1.57 bits per heavy atom. The lowest BCUT2D eigenvalue weighted by Crippen LogP contribution is -2.29. The van der Waals surface area contributed by atoms with E-state index in [-0.39, 0.29) is 5.41 Å². The molecule has 1 aromatic rings. The molecular weight excluding hydrogens is 260 g/mol. The molecule has 4 heteroatoms. The third-order valence-electron chi connectivity index (χ3n) is 1.87. The van der Waals surface area contributed by atoms with Crippen LogP contribution in [0.2, 0.25) is 0 Å². The normalized spacial score (nSPS) is 11.1. The molecule has 0 aromatic carbocycles. The quantitative estimate of drug-likeness (QED) is 0.842. The summed E-state index contributed by atoms with van der Waals surface area (Å²) in [5, 5.41) is 10.1. The zero-order chi connectivity index (χ0) is 10.8. The van der Waals surface area contributed by atoms with Gasteiger partial charge in [-0.3, -0.25) is 0 Å². The summed E-state index contributed by atoms with van der Waals surface area (Å²) in [5.41, 5.74) is -0.300. The Hall–Kier alpha value is -0.530. The van der Waals surface area contributed by atoms with Gasteiger partial charge in [-0.05, 0) is 41.9 Å². The summed E-state index contributed by atoms with van der Waals surface area (Å²) < 4.78 is 1.12. The largest absolute Gasteiger partial charge is 0.365 e. The Balaban J connectivity index is 2.69. The lowest BCUT2D eigenvalue weighted by molar-refractivity contribution is 0.498. The first-order chi connectivity index (χ1) is 6.44. The summed E-state index contributed by atoms with van der Waals surface area (Å²) in [6, 6.07) is 6.38. The number of rotatable bonds is 3. The Kier molecular flexibility index (Phi) is 3.57. The molecule has 0 saturated carbocycles. The molecule has 0 bridgehead atoms. The predicted molar refractivity (Wildman–Crippen MR) is 64.7 cm³/mol. The van der Waals surface area contributed by atoms with Crippen LogP contribution in [0.5, 0.6) is 0 Å². The third-order valence-corrected chi connectivity index (χ3v) is 3.61. The Labute approximate surface area is 97.3 Å². The molecule has 0 amide bonds. The smallest absolute Gasteiger partial charge is 0.0918 e. The van der Waals surface area contributed by atoms with Gasteiger partial charge in [0.2, 0.25) is 0 Å². The van der Waals surface area contributed by atoms with Crippen LogP contribution in [0.15, 0.2) is 15.9 Å². The third kappa shape index (κ3) is 3.00. The molecule has 2 nitrogen and oxygen atoms in total. The summed E-state index contributed by atoms with van der Waals surface area (Å²) in [7, 11) is 2.01. The molecule has 1 rings (SSSR count). The van der Waals surface area contributed by atoms with E-state index < -0.39 is 0 Å². The topological polar surface area (TPSA) is 27.0 Å². The van der Waals surface area contributed by atoms with E-state index in [4.69, 9.17) is 5.26 Å². The summed E-state index contributed by atoms with van der Waals surface area (Å²) in [4.78, 5) is 2.11. The molecule has 0 saturated heterocycles. The minimum atomic E-state index is -0.300. The molecule has 14 heavy (non-hydrogen) atoms. The van der Waals surface area contributed by atoms with E-state index in [2.05, 4.69) is 33.0 Å². The van der Waals surface area contributed by atoms with Gasteiger partial charge in [-0.2, -0.15) is 5.26 Å². The van der Waals surface area contributed by atoms with Gasteiger partial charge in [0.05, 0.1) is 20.3 Å². The first-order valence-electron chi connectivity index (χ1n) is 4.32. The van der Waals surface area contributed by atoms with Gasteiger partial charge in [-0.15, -0.1) is 11.3 Å². The monoisotopic (exact) mass is 272 g/mol. The fraction of sp³-hybridized carbons (Fsp3) is 0.500. The second kappa shape index (κ2) is 4.33. The van der Waals surface area contributed by atoms with Crippen LogP contribution in [-0.4, -0.2) is 13.6 Å². The van der Waals surface area contributed by atoms with Crippen LogP contribution in [0.4, 0.5) is 5.00 Å². The highest BCUT2D eigenvalue weighted by molar-refractivity contribution is 9.11. The van der Waals surface area contributed by atoms with E-state index in [1.807, 2.05) is 27.0 Å². The number of halogens is 1. The summed E-state index contributed by atoms with van der Waals surface area (Å²) in [6.45, 7) is 4.65. The minimum absolute atomic E-state index is 0.300. The number of nitriles is 1. The first kappa shape index (κ1) is 11.5. The van der Waals surface area contributed by atoms with Crippen LogP contribution >= 0.6 is 27.3 Å². The molecule has 0 radical (unpaired) electrons. The SMILES string of the molecule is CN(CC(C)(C)C#N)c1ccc(Br)s1. The fourth-order valence-corrected chi connectivity index (χ4v) is 2.54. The van der Waals surface area contributed by atoms with Crippen molar-refractivity contribution in [2.45, 2.75) is 13.8 Å². The average molecular weight is 273 g/mol. The van der Waals surface area contributed by atoms with Crippen molar-refractivity contribution in [2.24, 2.45) is 5.41 Å². The van der Waals surface area contributed by atoms with Gasteiger partial charge < -0.3 is 4.90 Å². The van der Waals surface area contributed by atoms with Crippen LogP contribution in [0.1, 0.15) is 13.8 Å². The van der Waals surface area contributed by atoms with Crippen LogP contribution in [0.25, 0.3) is 0 Å². The van der Waals surface area contributed by atoms with E-state index >= 15 is 0 Å². The number of hydrogen-bond acceptors (Lipinski definition) is 3. The summed E-state index contributed by atoms with van der Waals surface area (Å²) >= 11 is 5.10. The lowest BCUT2D eigenvalue weighted by atomic mass is 9.95. The molecule has 0 unspecified atom stereocenters. The van der Waals surface area contributed by atoms with Gasteiger partial charge in [-0.1, -0.05) is 0 Å². The van der Waals surface area contributed by atoms with Crippen LogP contribution < -0.4 is 4.90 Å². The maximum atomic E-state index is 8.91. The number of anilines is 1. The Bertz CT molecular complexity index is 351. The fourth-order valence-electron chi connectivity index (χ4n) is 1.22. The molecule has 0 spiro atoms. The van der Waals surface area contributed by atoms with Gasteiger partial charge in [0, 0.05) is 13.6 Å². The number of thiophene rings is 1. The summed E-state index contributed by atoms with van der Waals surface area (Å²) in [5.74, 6) is 0. The van der Waals surface area contributed by atoms with Gasteiger partial charge in [-0.25, -0.2) is 0 Å². The van der Waals surface area contributed by atoms with E-state index in [1.54, 1.807) is 11.3 Å². The van der Waals surface area contributed by atoms with E-state index in [0.29, 0.717) is 0 Å². The van der Waals surface area contributed by atoms with Crippen molar-refractivity contribution in [1.82, 2.24) is 0 Å². The second-order valence-corrected chi connectivity index (χ2v) is 6.37. The van der Waals surface area contributed by atoms with Crippen LogP contribution in [-0.2, 0) is 0 Å². The van der Waals surface area contributed by atoms with Crippen LogP contribution in [0.3, 0.4) is 0 Å². The van der Waals surface area contributed by atoms with Crippen molar-refractivity contribution in [3.05, 3.63) is 15.9 Å². The average Bonchev–Trinajstić information content (AvgIpc) is 2.51. The van der Waals surface area contributed by atoms with E-state index in [1.165, 1.54) is 5.00 Å². The van der Waals surface area contributed by atoms with Gasteiger partial charge in [0.25, 0.3) is 0 Å². The highest BCUT2D eigenvalue weighted by atomic mass is 79.9. The Morgan fingerprint density at radius 3 is 2.64 bits per heavy atom. The van der Waals surface area contributed by atoms with Gasteiger partial charge >= 0.3 is 0 Å². The molecular formula is C10H13BrN2S.